The Morgan fingerprint density at radius 3 is 2.26 bits per heavy atom. The van der Waals surface area contributed by atoms with Crippen LogP contribution in [0.25, 0.3) is 0 Å². The highest BCUT2D eigenvalue weighted by Gasteiger charge is 2.48. The number of nitrogens with zero attached hydrogens (tertiary/aromatic N) is 2. The monoisotopic (exact) mass is 262 g/mol. The zero-order valence-corrected chi connectivity index (χ0v) is 12.8. The first kappa shape index (κ1) is 14.4. The topological polar surface area (TPSA) is 23.6 Å². The van der Waals surface area contributed by atoms with Gasteiger partial charge in [-0.3, -0.25) is 9.69 Å². The van der Waals surface area contributed by atoms with Gasteiger partial charge in [-0.2, -0.15) is 0 Å². The first-order chi connectivity index (χ1) is 8.86. The van der Waals surface area contributed by atoms with Gasteiger partial charge in [-0.1, -0.05) is 26.7 Å². The maximum Gasteiger partial charge on any atom is 0.227 e. The van der Waals surface area contributed by atoms with Crippen molar-refractivity contribution < 1.29 is 4.79 Å². The van der Waals surface area contributed by atoms with Crippen molar-refractivity contribution in [3.8, 4) is 11.8 Å². The van der Waals surface area contributed by atoms with Crippen LogP contribution in [0, 0.1) is 22.7 Å². The number of rotatable bonds is 1. The lowest BCUT2D eigenvalue weighted by atomic mass is 9.71. The van der Waals surface area contributed by atoms with E-state index >= 15 is 0 Å². The molecule has 0 atom stereocenters. The summed E-state index contributed by atoms with van der Waals surface area (Å²) in [6, 6.07) is 0. The molecule has 0 radical (unpaired) electrons. The maximum atomic E-state index is 12.2. The Labute approximate surface area is 117 Å². The highest BCUT2D eigenvalue weighted by atomic mass is 16.2. The van der Waals surface area contributed by atoms with Crippen molar-refractivity contribution in [2.45, 2.75) is 40.5 Å². The first-order valence-electron chi connectivity index (χ1n) is 7.28. The molecule has 0 saturated carbocycles. The van der Waals surface area contributed by atoms with Crippen LogP contribution in [0.2, 0.25) is 0 Å². The number of piperidine rings is 1. The van der Waals surface area contributed by atoms with Gasteiger partial charge in [-0.25, -0.2) is 0 Å². The van der Waals surface area contributed by atoms with Crippen molar-refractivity contribution in [1.82, 2.24) is 9.80 Å². The van der Waals surface area contributed by atoms with Gasteiger partial charge in [0.2, 0.25) is 5.91 Å². The summed E-state index contributed by atoms with van der Waals surface area (Å²) in [5.41, 5.74) is 0.177. The predicted molar refractivity (Wildman–Crippen MR) is 77.6 cm³/mol. The summed E-state index contributed by atoms with van der Waals surface area (Å²) in [5, 5.41) is 0. The standard InChI is InChI=1S/C16H26N2O/c1-5-6-9-17-10-7-16(8-11-17)12-18(13-16)14(19)15(2,3)4/h7-13H2,1-4H3. The molecule has 1 spiro atoms. The summed E-state index contributed by atoms with van der Waals surface area (Å²) in [5.74, 6) is 6.40. The molecule has 0 bridgehead atoms. The molecule has 0 aliphatic carbocycles. The van der Waals surface area contributed by atoms with E-state index in [0.29, 0.717) is 11.3 Å². The highest BCUT2D eigenvalue weighted by Crippen LogP contribution is 2.41. The predicted octanol–water partition coefficient (Wildman–Crippen LogP) is 1.98. The van der Waals surface area contributed by atoms with Crippen LogP contribution in [0.5, 0.6) is 0 Å². The molecule has 2 heterocycles. The fourth-order valence-corrected chi connectivity index (χ4v) is 3.07. The molecule has 3 heteroatoms. The molecular weight excluding hydrogens is 236 g/mol. The van der Waals surface area contributed by atoms with Crippen molar-refractivity contribution in [2.75, 3.05) is 32.7 Å². The molecule has 0 N–H and O–H groups in total. The summed E-state index contributed by atoms with van der Waals surface area (Å²) in [4.78, 5) is 16.6. The first-order valence-corrected chi connectivity index (χ1v) is 7.28. The summed E-state index contributed by atoms with van der Waals surface area (Å²) in [6.45, 7) is 13.0. The number of carbonyl (C=O) groups excluding carboxylic acids is 1. The lowest BCUT2D eigenvalue weighted by molar-refractivity contribution is -0.155. The molecule has 1 amide bonds. The Morgan fingerprint density at radius 1 is 1.21 bits per heavy atom. The van der Waals surface area contributed by atoms with E-state index in [1.165, 1.54) is 12.8 Å². The molecule has 106 valence electrons. The number of hydrogen-bond acceptors (Lipinski definition) is 2. The van der Waals surface area contributed by atoms with Gasteiger partial charge in [0.05, 0.1) is 6.54 Å². The summed E-state index contributed by atoms with van der Waals surface area (Å²) in [6.07, 6.45) is 2.43. The van der Waals surface area contributed by atoms with Gasteiger partial charge in [-0.05, 0) is 32.9 Å². The van der Waals surface area contributed by atoms with E-state index in [0.717, 1.165) is 32.7 Å². The molecule has 19 heavy (non-hydrogen) atoms. The van der Waals surface area contributed by atoms with Crippen LogP contribution in [0.3, 0.4) is 0 Å². The average Bonchev–Trinajstić information content (AvgIpc) is 2.32. The molecule has 2 aliphatic rings. The third-order valence-electron chi connectivity index (χ3n) is 4.38. The van der Waals surface area contributed by atoms with E-state index in [1.807, 2.05) is 32.6 Å². The van der Waals surface area contributed by atoms with E-state index < -0.39 is 0 Å². The molecule has 2 fully saturated rings. The molecule has 0 aromatic rings. The molecular formula is C16H26N2O. The van der Waals surface area contributed by atoms with Crippen molar-refractivity contribution >= 4 is 5.91 Å². The van der Waals surface area contributed by atoms with E-state index in [-0.39, 0.29) is 5.41 Å². The second-order valence-electron chi connectivity index (χ2n) is 7.11. The Kier molecular flexibility index (Phi) is 3.92. The second-order valence-corrected chi connectivity index (χ2v) is 7.11. The number of hydrogen-bond donors (Lipinski definition) is 0. The van der Waals surface area contributed by atoms with Crippen molar-refractivity contribution in [2.24, 2.45) is 10.8 Å². The van der Waals surface area contributed by atoms with Gasteiger partial charge in [-0.15, -0.1) is 5.92 Å². The third kappa shape index (κ3) is 3.12. The van der Waals surface area contributed by atoms with Crippen molar-refractivity contribution in [3.05, 3.63) is 0 Å². The minimum absolute atomic E-state index is 0.237. The fourth-order valence-electron chi connectivity index (χ4n) is 3.07. The third-order valence-corrected chi connectivity index (χ3v) is 4.38. The fraction of sp³-hybridized carbons (Fsp3) is 0.812. The number of carbonyl (C=O) groups is 1. The zero-order valence-electron chi connectivity index (χ0n) is 12.8. The van der Waals surface area contributed by atoms with Crippen molar-refractivity contribution in [1.29, 1.82) is 0 Å². The van der Waals surface area contributed by atoms with E-state index in [1.54, 1.807) is 0 Å². The number of likely N-dealkylation sites (tertiary alicyclic amines) is 2. The van der Waals surface area contributed by atoms with Gasteiger partial charge in [0.1, 0.15) is 0 Å². The van der Waals surface area contributed by atoms with Gasteiger partial charge in [0.25, 0.3) is 0 Å². The zero-order chi connectivity index (χ0) is 14.1. The lowest BCUT2D eigenvalue weighted by Crippen LogP contribution is -2.63. The minimum atomic E-state index is -0.237. The van der Waals surface area contributed by atoms with Gasteiger partial charge >= 0.3 is 0 Å². The SMILES string of the molecule is CC#CCN1CCC2(CC1)CN(C(=O)C(C)(C)C)C2. The van der Waals surface area contributed by atoms with Crippen molar-refractivity contribution in [3.63, 3.8) is 0 Å². The number of amides is 1. The summed E-state index contributed by atoms with van der Waals surface area (Å²) >= 11 is 0. The van der Waals surface area contributed by atoms with Crippen LogP contribution in [-0.4, -0.2) is 48.4 Å². The van der Waals surface area contributed by atoms with Crippen LogP contribution >= 0.6 is 0 Å². The minimum Gasteiger partial charge on any atom is -0.341 e. The Balaban J connectivity index is 1.80. The lowest BCUT2D eigenvalue weighted by Gasteiger charge is -2.55. The quantitative estimate of drug-likeness (QED) is 0.675. The maximum absolute atomic E-state index is 12.2. The molecule has 2 rings (SSSR count). The second kappa shape index (κ2) is 5.17. The Morgan fingerprint density at radius 2 is 1.79 bits per heavy atom. The van der Waals surface area contributed by atoms with E-state index in [4.69, 9.17) is 0 Å². The van der Waals surface area contributed by atoms with Crippen LogP contribution in [0.4, 0.5) is 0 Å². The highest BCUT2D eigenvalue weighted by molar-refractivity contribution is 5.82. The molecule has 3 nitrogen and oxygen atoms in total. The van der Waals surface area contributed by atoms with Crippen LogP contribution < -0.4 is 0 Å². The molecule has 2 aliphatic heterocycles. The Hall–Kier alpha value is -1.01. The largest absolute Gasteiger partial charge is 0.341 e. The molecule has 2 saturated heterocycles. The van der Waals surface area contributed by atoms with Gasteiger partial charge in [0, 0.05) is 23.9 Å². The van der Waals surface area contributed by atoms with E-state index in [9.17, 15) is 4.79 Å². The van der Waals surface area contributed by atoms with Gasteiger partial charge in [0.15, 0.2) is 0 Å². The average molecular weight is 262 g/mol. The summed E-state index contributed by atoms with van der Waals surface area (Å²) < 4.78 is 0. The summed E-state index contributed by atoms with van der Waals surface area (Å²) in [7, 11) is 0. The van der Waals surface area contributed by atoms with E-state index in [2.05, 4.69) is 16.7 Å². The molecule has 0 aromatic carbocycles. The smallest absolute Gasteiger partial charge is 0.227 e. The van der Waals surface area contributed by atoms with Crippen LogP contribution in [-0.2, 0) is 4.79 Å². The molecule has 0 aromatic heterocycles. The van der Waals surface area contributed by atoms with Crippen LogP contribution in [0.15, 0.2) is 0 Å². The normalized spacial score (nSPS) is 22.6. The molecule has 0 unspecified atom stereocenters. The Bertz CT molecular complexity index is 395. The van der Waals surface area contributed by atoms with Crippen LogP contribution in [0.1, 0.15) is 40.5 Å². The van der Waals surface area contributed by atoms with Gasteiger partial charge < -0.3 is 4.90 Å².